The summed E-state index contributed by atoms with van der Waals surface area (Å²) in [5.74, 6) is 6.18. The van der Waals surface area contributed by atoms with E-state index in [1.807, 2.05) is 24.3 Å². The third-order valence-corrected chi connectivity index (χ3v) is 3.11. The number of ether oxygens (including phenoxy) is 1. The zero-order valence-corrected chi connectivity index (χ0v) is 11.0. The monoisotopic (exact) mass is 260 g/mol. The number of halogens is 1. The van der Waals surface area contributed by atoms with Crippen molar-refractivity contribution in [2.75, 3.05) is 7.11 Å². The van der Waals surface area contributed by atoms with Crippen LogP contribution in [0.3, 0.4) is 0 Å². The van der Waals surface area contributed by atoms with E-state index in [4.69, 9.17) is 10.6 Å². The molecule has 0 heterocycles. The van der Waals surface area contributed by atoms with E-state index in [-0.39, 0.29) is 11.9 Å². The minimum absolute atomic E-state index is 0.200. The second-order valence-corrected chi connectivity index (χ2v) is 4.38. The fourth-order valence-corrected chi connectivity index (χ4v) is 2.05. The third kappa shape index (κ3) is 2.92. The maximum atomic E-state index is 13.3. The predicted molar refractivity (Wildman–Crippen MR) is 73.3 cm³/mol. The van der Waals surface area contributed by atoms with Gasteiger partial charge in [0.2, 0.25) is 0 Å². The molecule has 0 aromatic heterocycles. The summed E-state index contributed by atoms with van der Waals surface area (Å²) in [5.41, 5.74) is 5.23. The lowest BCUT2D eigenvalue weighted by Crippen LogP contribution is -2.28. The molecule has 0 bridgehead atoms. The Bertz CT molecular complexity index is 572. The topological polar surface area (TPSA) is 47.3 Å². The lowest BCUT2D eigenvalue weighted by molar-refractivity contribution is 0.413. The van der Waals surface area contributed by atoms with Gasteiger partial charge in [-0.2, -0.15) is 0 Å². The Morgan fingerprint density at radius 1 is 1.16 bits per heavy atom. The summed E-state index contributed by atoms with van der Waals surface area (Å²) in [5, 5.41) is 0. The second-order valence-electron chi connectivity index (χ2n) is 4.38. The zero-order valence-electron chi connectivity index (χ0n) is 11.0. The van der Waals surface area contributed by atoms with E-state index in [0.717, 1.165) is 16.9 Å². The van der Waals surface area contributed by atoms with Crippen LogP contribution in [0.15, 0.2) is 42.5 Å². The molecular weight excluding hydrogens is 243 g/mol. The molecule has 0 aliphatic carbocycles. The van der Waals surface area contributed by atoms with Gasteiger partial charge in [0.1, 0.15) is 11.6 Å². The summed E-state index contributed by atoms with van der Waals surface area (Å²) in [6, 6.07) is 12.4. The fraction of sp³-hybridized carbons (Fsp3) is 0.200. The highest BCUT2D eigenvalue weighted by molar-refractivity contribution is 5.38. The summed E-state index contributed by atoms with van der Waals surface area (Å²) in [7, 11) is 1.62. The van der Waals surface area contributed by atoms with Crippen LogP contribution in [0.5, 0.6) is 5.75 Å². The van der Waals surface area contributed by atoms with Gasteiger partial charge in [-0.25, -0.2) is 9.82 Å². The molecule has 3 nitrogen and oxygen atoms in total. The molecule has 1 unspecified atom stereocenters. The molecule has 0 aliphatic heterocycles. The molecule has 19 heavy (non-hydrogen) atoms. The van der Waals surface area contributed by atoms with Crippen molar-refractivity contribution >= 4 is 0 Å². The van der Waals surface area contributed by atoms with Gasteiger partial charge < -0.3 is 4.74 Å². The zero-order chi connectivity index (χ0) is 13.8. The van der Waals surface area contributed by atoms with Gasteiger partial charge in [0, 0.05) is 0 Å². The van der Waals surface area contributed by atoms with Crippen molar-refractivity contribution in [1.29, 1.82) is 0 Å². The van der Waals surface area contributed by atoms with Gasteiger partial charge in [-0.3, -0.25) is 5.84 Å². The molecular formula is C15H17FN2O. The van der Waals surface area contributed by atoms with Crippen LogP contribution in [0, 0.1) is 12.7 Å². The molecule has 3 N–H and O–H groups in total. The van der Waals surface area contributed by atoms with Gasteiger partial charge in [0.25, 0.3) is 0 Å². The Morgan fingerprint density at radius 3 is 2.53 bits per heavy atom. The lowest BCUT2D eigenvalue weighted by Gasteiger charge is -2.18. The molecule has 0 saturated heterocycles. The standard InChI is InChI=1S/C15H17FN2O/c1-10-8-12(6-7-14(10)16)15(18-17)11-4-3-5-13(9-11)19-2/h3-9,15,18H,17H2,1-2H3. The van der Waals surface area contributed by atoms with Gasteiger partial charge in [0.05, 0.1) is 13.2 Å². The molecule has 0 saturated carbocycles. The summed E-state index contributed by atoms with van der Waals surface area (Å²) in [6.45, 7) is 1.73. The first-order valence-corrected chi connectivity index (χ1v) is 6.02. The number of hydrogen-bond donors (Lipinski definition) is 2. The van der Waals surface area contributed by atoms with Gasteiger partial charge in [-0.1, -0.05) is 24.3 Å². The quantitative estimate of drug-likeness (QED) is 0.656. The Balaban J connectivity index is 2.40. The average Bonchev–Trinajstić information content (AvgIpc) is 2.44. The molecule has 0 radical (unpaired) electrons. The number of nitrogens with one attached hydrogen (secondary N) is 1. The first kappa shape index (κ1) is 13.5. The van der Waals surface area contributed by atoms with Crippen LogP contribution in [-0.4, -0.2) is 7.11 Å². The minimum atomic E-state index is -0.217. The third-order valence-electron chi connectivity index (χ3n) is 3.11. The fourth-order valence-electron chi connectivity index (χ4n) is 2.05. The van der Waals surface area contributed by atoms with Crippen molar-refractivity contribution in [3.05, 3.63) is 65.0 Å². The van der Waals surface area contributed by atoms with E-state index in [2.05, 4.69) is 5.43 Å². The van der Waals surface area contributed by atoms with Crippen molar-refractivity contribution in [3.63, 3.8) is 0 Å². The van der Waals surface area contributed by atoms with Gasteiger partial charge >= 0.3 is 0 Å². The van der Waals surface area contributed by atoms with E-state index in [0.29, 0.717) is 5.56 Å². The van der Waals surface area contributed by atoms with E-state index in [9.17, 15) is 4.39 Å². The molecule has 0 aliphatic rings. The number of aryl methyl sites for hydroxylation is 1. The van der Waals surface area contributed by atoms with Crippen LogP contribution in [0.1, 0.15) is 22.7 Å². The Morgan fingerprint density at radius 2 is 1.89 bits per heavy atom. The van der Waals surface area contributed by atoms with Crippen LogP contribution < -0.4 is 16.0 Å². The SMILES string of the molecule is COc1cccc(C(NN)c2ccc(F)c(C)c2)c1. The molecule has 4 heteroatoms. The second kappa shape index (κ2) is 5.82. The van der Waals surface area contributed by atoms with E-state index >= 15 is 0 Å². The van der Waals surface area contributed by atoms with Gasteiger partial charge in [-0.05, 0) is 41.8 Å². The van der Waals surface area contributed by atoms with Crippen molar-refractivity contribution < 1.29 is 9.13 Å². The number of methoxy groups -OCH3 is 1. The number of hydrazine groups is 1. The number of hydrogen-bond acceptors (Lipinski definition) is 3. The maximum absolute atomic E-state index is 13.3. The van der Waals surface area contributed by atoms with Crippen molar-refractivity contribution in [1.82, 2.24) is 5.43 Å². The number of rotatable bonds is 4. The number of nitrogens with two attached hydrogens (primary N) is 1. The van der Waals surface area contributed by atoms with Crippen LogP contribution in [-0.2, 0) is 0 Å². The highest BCUT2D eigenvalue weighted by Crippen LogP contribution is 2.25. The van der Waals surface area contributed by atoms with Gasteiger partial charge in [0.15, 0.2) is 0 Å². The summed E-state index contributed by atoms with van der Waals surface area (Å²) >= 11 is 0. The van der Waals surface area contributed by atoms with Crippen LogP contribution in [0.2, 0.25) is 0 Å². The molecule has 2 aromatic carbocycles. The van der Waals surface area contributed by atoms with Crippen molar-refractivity contribution in [2.24, 2.45) is 5.84 Å². The first-order chi connectivity index (χ1) is 9.15. The molecule has 0 spiro atoms. The highest BCUT2D eigenvalue weighted by Gasteiger charge is 2.14. The lowest BCUT2D eigenvalue weighted by atomic mass is 9.97. The molecule has 1 atom stereocenters. The smallest absolute Gasteiger partial charge is 0.126 e. The molecule has 0 amide bonds. The van der Waals surface area contributed by atoms with Crippen LogP contribution >= 0.6 is 0 Å². The summed E-state index contributed by atoms with van der Waals surface area (Å²) in [6.07, 6.45) is 0. The molecule has 0 fully saturated rings. The highest BCUT2D eigenvalue weighted by atomic mass is 19.1. The minimum Gasteiger partial charge on any atom is -0.497 e. The van der Waals surface area contributed by atoms with Crippen LogP contribution in [0.4, 0.5) is 4.39 Å². The van der Waals surface area contributed by atoms with Crippen molar-refractivity contribution in [2.45, 2.75) is 13.0 Å². The Hall–Kier alpha value is -1.91. The van der Waals surface area contributed by atoms with E-state index in [1.165, 1.54) is 6.07 Å². The number of benzene rings is 2. The average molecular weight is 260 g/mol. The molecule has 100 valence electrons. The van der Waals surface area contributed by atoms with Gasteiger partial charge in [-0.15, -0.1) is 0 Å². The largest absolute Gasteiger partial charge is 0.497 e. The van der Waals surface area contributed by atoms with Crippen LogP contribution in [0.25, 0.3) is 0 Å². The van der Waals surface area contributed by atoms with E-state index < -0.39 is 0 Å². The molecule has 2 rings (SSSR count). The molecule has 2 aromatic rings. The Kier molecular flexibility index (Phi) is 4.14. The first-order valence-electron chi connectivity index (χ1n) is 6.02. The summed E-state index contributed by atoms with van der Waals surface area (Å²) < 4.78 is 18.5. The van der Waals surface area contributed by atoms with Crippen molar-refractivity contribution in [3.8, 4) is 5.75 Å². The Labute approximate surface area is 112 Å². The summed E-state index contributed by atoms with van der Waals surface area (Å²) in [4.78, 5) is 0. The normalized spacial score (nSPS) is 12.2. The maximum Gasteiger partial charge on any atom is 0.126 e. The van der Waals surface area contributed by atoms with E-state index in [1.54, 1.807) is 26.2 Å². The predicted octanol–water partition coefficient (Wildman–Crippen LogP) is 2.70.